The lowest BCUT2D eigenvalue weighted by atomic mass is 10.0. The maximum absolute atomic E-state index is 13.1. The average molecular weight is 327 g/mol. The molecule has 0 aromatic heterocycles. The first-order valence-electron chi connectivity index (χ1n) is 8.36. The fourth-order valence-electron chi connectivity index (χ4n) is 3.60. The largest absolute Gasteiger partial charge is 0.416 e. The maximum Gasteiger partial charge on any atom is 0.416 e. The SMILES string of the molecule is CN(c1ccc(C(F)(F)F)cc1N1CCCC1)C1CCNCC1. The highest BCUT2D eigenvalue weighted by Gasteiger charge is 2.33. The second-order valence-corrected chi connectivity index (χ2v) is 6.49. The van der Waals surface area contributed by atoms with E-state index in [1.807, 2.05) is 7.05 Å². The number of anilines is 2. The van der Waals surface area contributed by atoms with Gasteiger partial charge in [-0.1, -0.05) is 0 Å². The number of halogens is 3. The molecule has 2 heterocycles. The van der Waals surface area contributed by atoms with Crippen molar-refractivity contribution in [2.45, 2.75) is 37.9 Å². The quantitative estimate of drug-likeness (QED) is 0.917. The number of benzene rings is 1. The Morgan fingerprint density at radius 1 is 1.13 bits per heavy atom. The number of piperidine rings is 1. The molecule has 128 valence electrons. The minimum absolute atomic E-state index is 0.384. The van der Waals surface area contributed by atoms with E-state index in [1.165, 1.54) is 12.1 Å². The number of alkyl halides is 3. The van der Waals surface area contributed by atoms with E-state index < -0.39 is 11.7 Å². The number of hydrogen-bond acceptors (Lipinski definition) is 3. The summed E-state index contributed by atoms with van der Waals surface area (Å²) in [6, 6.07) is 4.58. The summed E-state index contributed by atoms with van der Waals surface area (Å²) >= 11 is 0. The van der Waals surface area contributed by atoms with Crippen molar-refractivity contribution in [3.63, 3.8) is 0 Å². The van der Waals surface area contributed by atoms with Gasteiger partial charge in [0.15, 0.2) is 0 Å². The molecule has 0 saturated carbocycles. The highest BCUT2D eigenvalue weighted by atomic mass is 19.4. The normalized spacial score (nSPS) is 20.1. The van der Waals surface area contributed by atoms with Gasteiger partial charge >= 0.3 is 6.18 Å². The highest BCUT2D eigenvalue weighted by Crippen LogP contribution is 2.39. The molecule has 6 heteroatoms. The fourth-order valence-corrected chi connectivity index (χ4v) is 3.60. The molecule has 0 unspecified atom stereocenters. The fraction of sp³-hybridized carbons (Fsp3) is 0.647. The standard InChI is InChI=1S/C17H24F3N3/c1-22(14-6-8-21-9-7-14)15-5-4-13(17(18,19)20)12-16(15)23-10-2-3-11-23/h4-5,12,14,21H,2-3,6-11H2,1H3. The molecule has 3 rings (SSSR count). The van der Waals surface area contributed by atoms with Crippen molar-refractivity contribution in [3.8, 4) is 0 Å². The van der Waals surface area contributed by atoms with Crippen molar-refractivity contribution in [2.24, 2.45) is 0 Å². The monoisotopic (exact) mass is 327 g/mol. The molecule has 1 N–H and O–H groups in total. The van der Waals surface area contributed by atoms with Crippen molar-refractivity contribution in [1.29, 1.82) is 0 Å². The van der Waals surface area contributed by atoms with Gasteiger partial charge in [-0.15, -0.1) is 0 Å². The predicted octanol–water partition coefficient (Wildman–Crippen LogP) is 3.49. The van der Waals surface area contributed by atoms with Crippen LogP contribution in [0.2, 0.25) is 0 Å². The molecule has 1 aromatic rings. The van der Waals surface area contributed by atoms with Crippen LogP contribution in [-0.4, -0.2) is 39.3 Å². The van der Waals surface area contributed by atoms with Gasteiger partial charge in [0.1, 0.15) is 0 Å². The Morgan fingerprint density at radius 2 is 1.78 bits per heavy atom. The summed E-state index contributed by atoms with van der Waals surface area (Å²) in [6.07, 6.45) is -0.145. The Labute approximate surface area is 135 Å². The average Bonchev–Trinajstić information content (AvgIpc) is 3.08. The van der Waals surface area contributed by atoms with Crippen LogP contribution in [0, 0.1) is 0 Å². The lowest BCUT2D eigenvalue weighted by Crippen LogP contribution is -2.41. The van der Waals surface area contributed by atoms with Crippen molar-refractivity contribution in [3.05, 3.63) is 23.8 Å². The Morgan fingerprint density at radius 3 is 2.39 bits per heavy atom. The summed E-state index contributed by atoms with van der Waals surface area (Å²) in [7, 11) is 2.01. The predicted molar refractivity (Wildman–Crippen MR) is 87.2 cm³/mol. The van der Waals surface area contributed by atoms with Gasteiger partial charge in [0.2, 0.25) is 0 Å². The number of hydrogen-bond donors (Lipinski definition) is 1. The summed E-state index contributed by atoms with van der Waals surface area (Å²) in [5, 5.41) is 3.33. The molecule has 0 spiro atoms. The van der Waals surface area contributed by atoms with E-state index in [0.717, 1.165) is 63.2 Å². The van der Waals surface area contributed by atoms with Crippen molar-refractivity contribution in [1.82, 2.24) is 5.32 Å². The third kappa shape index (κ3) is 3.57. The minimum Gasteiger partial charge on any atom is -0.370 e. The zero-order valence-electron chi connectivity index (χ0n) is 13.5. The van der Waals surface area contributed by atoms with Crippen molar-refractivity contribution >= 4 is 11.4 Å². The Bertz CT molecular complexity index is 532. The van der Waals surface area contributed by atoms with Crippen LogP contribution in [0.4, 0.5) is 24.5 Å². The topological polar surface area (TPSA) is 18.5 Å². The molecular formula is C17H24F3N3. The molecule has 0 atom stereocenters. The summed E-state index contributed by atoms with van der Waals surface area (Å²) in [4.78, 5) is 4.27. The van der Waals surface area contributed by atoms with Crippen LogP contribution < -0.4 is 15.1 Å². The Balaban J connectivity index is 1.94. The lowest BCUT2D eigenvalue weighted by molar-refractivity contribution is -0.137. The van der Waals surface area contributed by atoms with Gasteiger partial charge in [0, 0.05) is 26.2 Å². The van der Waals surface area contributed by atoms with Crippen LogP contribution in [0.25, 0.3) is 0 Å². The van der Waals surface area contributed by atoms with Gasteiger partial charge < -0.3 is 15.1 Å². The van der Waals surface area contributed by atoms with Gasteiger partial charge in [0.05, 0.1) is 16.9 Å². The van der Waals surface area contributed by atoms with E-state index in [1.54, 1.807) is 6.07 Å². The van der Waals surface area contributed by atoms with E-state index in [4.69, 9.17) is 0 Å². The second-order valence-electron chi connectivity index (χ2n) is 6.49. The Kier molecular flexibility index (Phi) is 4.71. The zero-order valence-corrected chi connectivity index (χ0v) is 13.5. The van der Waals surface area contributed by atoms with E-state index in [-0.39, 0.29) is 0 Å². The molecule has 1 aromatic carbocycles. The molecule has 0 radical (unpaired) electrons. The molecule has 0 bridgehead atoms. The molecule has 2 aliphatic rings. The molecule has 23 heavy (non-hydrogen) atoms. The molecule has 0 amide bonds. The summed E-state index contributed by atoms with van der Waals surface area (Å²) in [5.74, 6) is 0. The van der Waals surface area contributed by atoms with E-state index >= 15 is 0 Å². The molecule has 2 saturated heterocycles. The molecular weight excluding hydrogens is 303 g/mol. The third-order valence-electron chi connectivity index (χ3n) is 4.99. The smallest absolute Gasteiger partial charge is 0.370 e. The van der Waals surface area contributed by atoms with Crippen molar-refractivity contribution < 1.29 is 13.2 Å². The van der Waals surface area contributed by atoms with Gasteiger partial charge in [-0.05, 0) is 57.0 Å². The molecule has 2 aliphatic heterocycles. The van der Waals surface area contributed by atoms with E-state index in [2.05, 4.69) is 15.1 Å². The van der Waals surface area contributed by atoms with Gasteiger partial charge in [0.25, 0.3) is 0 Å². The maximum atomic E-state index is 13.1. The third-order valence-corrected chi connectivity index (χ3v) is 4.99. The summed E-state index contributed by atoms with van der Waals surface area (Å²) in [5.41, 5.74) is 1.10. The number of rotatable bonds is 3. The van der Waals surface area contributed by atoms with Gasteiger partial charge in [-0.2, -0.15) is 13.2 Å². The second kappa shape index (κ2) is 6.59. The van der Waals surface area contributed by atoms with Gasteiger partial charge in [-0.3, -0.25) is 0 Å². The van der Waals surface area contributed by atoms with E-state index in [9.17, 15) is 13.2 Å². The first-order chi connectivity index (χ1) is 11.0. The van der Waals surface area contributed by atoms with Crippen LogP contribution in [0.3, 0.4) is 0 Å². The summed E-state index contributed by atoms with van der Waals surface area (Å²) < 4.78 is 39.3. The highest BCUT2D eigenvalue weighted by molar-refractivity contribution is 5.73. The van der Waals surface area contributed by atoms with Crippen LogP contribution in [0.15, 0.2) is 18.2 Å². The van der Waals surface area contributed by atoms with Crippen LogP contribution in [0.1, 0.15) is 31.2 Å². The van der Waals surface area contributed by atoms with Gasteiger partial charge in [-0.25, -0.2) is 0 Å². The molecule has 3 nitrogen and oxygen atoms in total. The Hall–Kier alpha value is -1.43. The van der Waals surface area contributed by atoms with E-state index in [0.29, 0.717) is 6.04 Å². The molecule has 2 fully saturated rings. The zero-order chi connectivity index (χ0) is 16.4. The molecule has 0 aliphatic carbocycles. The van der Waals surface area contributed by atoms with Crippen LogP contribution in [-0.2, 0) is 6.18 Å². The number of nitrogens with zero attached hydrogens (tertiary/aromatic N) is 2. The van der Waals surface area contributed by atoms with Crippen LogP contribution >= 0.6 is 0 Å². The lowest BCUT2D eigenvalue weighted by Gasteiger charge is -2.36. The number of nitrogens with one attached hydrogen (secondary N) is 1. The first kappa shape index (κ1) is 16.4. The minimum atomic E-state index is -4.29. The first-order valence-corrected chi connectivity index (χ1v) is 8.36. The van der Waals surface area contributed by atoms with Crippen LogP contribution in [0.5, 0.6) is 0 Å². The van der Waals surface area contributed by atoms with Crippen molar-refractivity contribution in [2.75, 3.05) is 43.0 Å². The summed E-state index contributed by atoms with van der Waals surface area (Å²) in [6.45, 7) is 3.62.